The minimum Gasteiger partial charge on any atom is -0.363 e. The van der Waals surface area contributed by atoms with Crippen LogP contribution >= 0.6 is 0 Å². The summed E-state index contributed by atoms with van der Waals surface area (Å²) in [5.41, 5.74) is 1.96. The summed E-state index contributed by atoms with van der Waals surface area (Å²) in [6.07, 6.45) is 10.7. The van der Waals surface area contributed by atoms with Crippen molar-refractivity contribution >= 4 is 118 Å². The Balaban J connectivity index is 0.000000221. The van der Waals surface area contributed by atoms with Crippen molar-refractivity contribution in [3.8, 4) is 0 Å². The van der Waals surface area contributed by atoms with Crippen LogP contribution in [0.5, 0.6) is 0 Å². The van der Waals surface area contributed by atoms with Gasteiger partial charge in [-0.3, -0.25) is 91.3 Å². The second-order valence-electron chi connectivity index (χ2n) is 48.9. The van der Waals surface area contributed by atoms with Gasteiger partial charge in [0.2, 0.25) is 70.5 Å². The number of hydrogen-bond donors (Lipinski definition) is 12. The average molecular weight is 1990 g/mol. The Hall–Kier alpha value is -11.5. The lowest BCUT2D eigenvalue weighted by atomic mass is 9.84. The van der Waals surface area contributed by atoms with Crippen LogP contribution in [0.25, 0.3) is 0 Å². The fourth-order valence-electron chi connectivity index (χ4n) is 21.4. The summed E-state index contributed by atoms with van der Waals surface area (Å²) in [6, 6.07) is -5.56. The van der Waals surface area contributed by atoms with Crippen molar-refractivity contribution in [2.75, 3.05) is 58.9 Å². The van der Waals surface area contributed by atoms with Crippen LogP contribution in [-0.4, -0.2) is 279 Å². The van der Waals surface area contributed by atoms with Gasteiger partial charge in [-0.25, -0.2) is 14.4 Å². The first kappa shape index (κ1) is 113. The molecule has 1 aromatic carbocycles. The highest BCUT2D eigenvalue weighted by Gasteiger charge is 2.73. The van der Waals surface area contributed by atoms with Crippen molar-refractivity contribution in [3.63, 3.8) is 0 Å². The lowest BCUT2D eigenvalue weighted by Gasteiger charge is -2.39. The van der Waals surface area contributed by atoms with E-state index < -0.39 is 188 Å². The Morgan fingerprint density at radius 3 is 1.10 bits per heavy atom. The third-order valence-corrected chi connectivity index (χ3v) is 31.4. The molecular weight excluding hydrogens is 1830 g/mol. The monoisotopic (exact) mass is 1990 g/mol. The van der Waals surface area contributed by atoms with Gasteiger partial charge in [0.05, 0.1) is 53.9 Å². The number of nitrogens with two attached hydrogens (primary N) is 1. The number of fused-ring (bicyclic) bond motifs is 4. The van der Waals surface area contributed by atoms with Gasteiger partial charge in [0.1, 0.15) is 36.3 Å². The van der Waals surface area contributed by atoms with E-state index in [0.29, 0.717) is 69.5 Å². The first-order chi connectivity index (χ1) is 66.3. The normalized spacial score (nSPS) is 24.5. The first-order valence-electron chi connectivity index (χ1n) is 51.1. The lowest BCUT2D eigenvalue weighted by Crippen LogP contribution is -2.63. The molecule has 5 saturated carbocycles. The Kier molecular flexibility index (Phi) is 35.1. The van der Waals surface area contributed by atoms with Crippen molar-refractivity contribution in [3.05, 3.63) is 60.7 Å². The number of rotatable bonds is 38. The van der Waals surface area contributed by atoms with Crippen LogP contribution in [0.3, 0.4) is 0 Å². The second kappa shape index (κ2) is 44.2. The Labute approximate surface area is 841 Å². The molecule has 38 heteroatoms. The maximum absolute atomic E-state index is 14.5. The molecule has 13 N–H and O–H groups in total. The van der Waals surface area contributed by atoms with Crippen LogP contribution in [0, 0.1) is 96.6 Å². The van der Waals surface area contributed by atoms with Crippen LogP contribution in [0.4, 0.5) is 14.4 Å². The zero-order valence-corrected chi connectivity index (χ0v) is 88.5. The number of carbonyl (C=O) groups is 20. The number of piperidine rings is 4. The van der Waals surface area contributed by atoms with E-state index in [9.17, 15) is 95.9 Å². The highest BCUT2D eigenvalue weighted by molar-refractivity contribution is 6.39. The van der Waals surface area contributed by atoms with Gasteiger partial charge in [-0.05, 0) is 141 Å². The summed E-state index contributed by atoms with van der Waals surface area (Å²) in [7, 11) is 0. The molecule has 3 unspecified atom stereocenters. The van der Waals surface area contributed by atoms with Gasteiger partial charge in [0.15, 0.2) is 0 Å². The van der Waals surface area contributed by atoms with Crippen molar-refractivity contribution in [1.29, 1.82) is 0 Å². The highest BCUT2D eigenvalue weighted by Crippen LogP contribution is 2.67. The number of nitrogens with one attached hydrogen (secondary N) is 11. The van der Waals surface area contributed by atoms with Gasteiger partial charge in [-0.1, -0.05) is 223 Å². The summed E-state index contributed by atoms with van der Waals surface area (Å²) < 4.78 is 0. The molecule has 5 saturated heterocycles. The van der Waals surface area contributed by atoms with Crippen molar-refractivity contribution in [2.45, 2.75) is 322 Å². The quantitative estimate of drug-likeness (QED) is 0.0190. The summed E-state index contributed by atoms with van der Waals surface area (Å²) >= 11 is 0. The van der Waals surface area contributed by atoms with Crippen LogP contribution in [0.1, 0.15) is 270 Å². The minimum atomic E-state index is -1.11. The zero-order valence-electron chi connectivity index (χ0n) is 88.5. The van der Waals surface area contributed by atoms with Crippen molar-refractivity contribution < 1.29 is 95.9 Å². The third kappa shape index (κ3) is 26.6. The number of imide groups is 2. The number of primary amides is 1. The van der Waals surface area contributed by atoms with E-state index in [1.807, 2.05) is 152 Å². The number of likely N-dealkylation sites (tertiary alicyclic amines) is 5. The summed E-state index contributed by atoms with van der Waals surface area (Å²) in [5, 5.41) is 30.8. The molecule has 0 aromatic heterocycles. The molecule has 0 bridgehead atoms. The molecule has 790 valence electrons. The topological polar surface area (TPSA) is 519 Å². The predicted molar refractivity (Wildman–Crippen MR) is 533 cm³/mol. The number of urea groups is 3. The standard InChI is InChI=1S/C39H54N6O7.C34H56N6O6.C32H50N6O7/c1-10-17-40-32(48)29(46)25(18-21-15-16-21)41-31(47)28-27-24(39(27,8)9)19-44(28)35(51)30(38(5,6)7)43-36(52)42-26(37(2,3)4)20-45-33(49)22-13-11-12-14-23(22)34(45)50;1-10-14-22(27(42)30(44)35-16-11-2)36-29(43)26-25-21(34(25,8)9)18-40(26)31(45)28(33(5,6)7)38-32(46)37-23(20(3)4)19-39-17-13-12-15-24(39)41;1-30(2,3)19(15-37-20(39)11-12-21(37)40)35-29(45)36-25(31(4,5)6)28(44)38-14-17-22(32(17,7)8)23(38)27(43)34-18(13-16-9-10-16)24(41)26(33)42/h10-14,21,24-28,30H,1,15-20H2,2-9H3,(H,40,48)(H,41,47)(H2,42,43,52);11,20-23,25-26,28H,2,10,12-19H2,1,3-9H3,(H,35,44)(H,36,43)(H2,37,38,46);16-19,22-23,25H,9-15H2,1-8H3,(H2,33,42)(H,34,43)(H2,35,36,45)/t24-,25?,26+,27-,28-,30+;21-,22?,23+,25-,26-,28+;17-,18?,19+,22-,23-,25+/m000/s1. The molecule has 18 atom stereocenters. The van der Waals surface area contributed by atoms with E-state index in [1.54, 1.807) is 34.1 Å². The molecule has 10 fully saturated rings. The molecule has 20 amide bonds. The van der Waals surface area contributed by atoms with Crippen molar-refractivity contribution in [1.82, 2.24) is 87.9 Å². The maximum atomic E-state index is 14.5. The van der Waals surface area contributed by atoms with Crippen LogP contribution in [-0.2, 0) is 71.9 Å². The van der Waals surface area contributed by atoms with E-state index in [-0.39, 0.29) is 145 Å². The first-order valence-corrected chi connectivity index (χ1v) is 51.1. The van der Waals surface area contributed by atoms with Crippen LogP contribution in [0.15, 0.2) is 49.6 Å². The van der Waals surface area contributed by atoms with Gasteiger partial charge in [0.25, 0.3) is 29.5 Å². The molecule has 5 aliphatic carbocycles. The Morgan fingerprint density at radius 1 is 0.434 bits per heavy atom. The van der Waals surface area contributed by atoms with E-state index in [1.165, 1.54) is 26.9 Å². The van der Waals surface area contributed by atoms with Crippen LogP contribution < -0.4 is 64.2 Å². The van der Waals surface area contributed by atoms with Gasteiger partial charge in [-0.15, -0.1) is 13.2 Å². The second-order valence-corrected chi connectivity index (χ2v) is 48.9. The molecule has 1 aromatic rings. The summed E-state index contributed by atoms with van der Waals surface area (Å²) in [6.45, 7) is 55.2. The summed E-state index contributed by atoms with van der Waals surface area (Å²) in [5.74, 6) is -8.83. The smallest absolute Gasteiger partial charge is 0.315 e. The van der Waals surface area contributed by atoms with E-state index in [2.05, 4.69) is 85.5 Å². The molecule has 6 heterocycles. The molecule has 38 nitrogen and oxygen atoms in total. The summed E-state index contributed by atoms with van der Waals surface area (Å²) in [4.78, 5) is 273. The Morgan fingerprint density at radius 2 is 0.776 bits per heavy atom. The van der Waals surface area contributed by atoms with E-state index in [4.69, 9.17) is 5.73 Å². The molecule has 0 spiro atoms. The van der Waals surface area contributed by atoms with Gasteiger partial charge in [-0.2, -0.15) is 0 Å². The number of hydrogen-bond acceptors (Lipinski definition) is 20. The molecule has 6 aliphatic heterocycles. The van der Waals surface area contributed by atoms with Gasteiger partial charge in [0, 0.05) is 71.6 Å². The lowest BCUT2D eigenvalue weighted by molar-refractivity contribution is -0.145. The number of carbonyl (C=O) groups excluding carboxylic acids is 20. The molecule has 12 rings (SSSR count). The van der Waals surface area contributed by atoms with Gasteiger partial charge < -0.3 is 83.8 Å². The number of benzene rings is 1. The predicted octanol–water partition coefficient (Wildman–Crippen LogP) is 6.51. The van der Waals surface area contributed by atoms with E-state index in [0.717, 1.165) is 43.4 Å². The fraction of sp³-hybridized carbons (Fsp3) is 0.714. The molecule has 0 radical (unpaired) electrons. The number of amides is 20. The molecule has 11 aliphatic rings. The average Bonchev–Trinajstić information content (AvgIpc) is 1.53. The Bertz CT molecular complexity index is 5060. The molecule has 143 heavy (non-hydrogen) atoms. The maximum Gasteiger partial charge on any atom is 0.315 e. The fourth-order valence-corrected chi connectivity index (χ4v) is 21.4. The van der Waals surface area contributed by atoms with Crippen LogP contribution in [0.2, 0.25) is 0 Å². The third-order valence-electron chi connectivity index (χ3n) is 31.4. The number of ketones is 3. The number of Topliss-reactive ketones (excluding diaryl/α,β-unsaturated/α-hetero) is 3. The largest absolute Gasteiger partial charge is 0.363 e. The van der Waals surface area contributed by atoms with Crippen molar-refractivity contribution in [2.24, 2.45) is 102 Å². The van der Waals surface area contributed by atoms with Gasteiger partial charge >= 0.3 is 18.1 Å². The zero-order chi connectivity index (χ0) is 107. The minimum absolute atomic E-state index is 0.0155. The highest BCUT2D eigenvalue weighted by atomic mass is 16.2. The SMILES string of the molecule is C=CCNC(=O)C(=O)C(CC1CC1)NC(=O)[C@@H]1[C@@H]2[C@H](CN1C(=O)[C@@H](NC(=O)N[C@H](CN1C(=O)c3ccccc3C1=O)C(C)(C)C)C(C)(C)C)C2(C)C.C=CCNC(=O)C(=O)C(CCC)NC(=O)[C@@H]1[C@@H]2[C@H](CN1C(=O)[C@@H](NC(=O)N[C@H](CN1CCCCC1=O)C(C)C)C(C)(C)C)C2(C)C.CC(C)(C)[C@H](NC(=O)N[C@H](CN1C(=O)CCC1=O)C(C)(C)C)C(=O)N1C[C@H]2[C@@H]([C@H]1C(=O)NC(CC1CC1)C(=O)C(N)=O)C2(C)C. The number of nitrogens with zero attached hydrogens (tertiary/aromatic N) is 6. The van der Waals surface area contributed by atoms with E-state index >= 15 is 0 Å². The molecular formula is C105H160N18O20.